The van der Waals surface area contributed by atoms with Crippen LogP contribution in [0.25, 0.3) is 0 Å². The van der Waals surface area contributed by atoms with Crippen LogP contribution in [0.5, 0.6) is 0 Å². The van der Waals surface area contributed by atoms with E-state index >= 15 is 0 Å². The lowest BCUT2D eigenvalue weighted by atomic mass is 9.77. The number of carbonyl (C=O) groups excluding carboxylic acids is 1. The molecule has 1 spiro atoms. The highest BCUT2D eigenvalue weighted by Gasteiger charge is 2.48. The molecule has 1 amide bonds. The van der Waals surface area contributed by atoms with Gasteiger partial charge in [0, 0.05) is 38.3 Å². The van der Waals surface area contributed by atoms with Crippen LogP contribution in [-0.2, 0) is 25.3 Å². The Kier molecular flexibility index (Phi) is 6.16. The van der Waals surface area contributed by atoms with Gasteiger partial charge in [-0.2, -0.15) is 0 Å². The summed E-state index contributed by atoms with van der Waals surface area (Å²) in [5.74, 6) is -0.645. The number of benzene rings is 1. The van der Waals surface area contributed by atoms with E-state index in [1.165, 1.54) is 16.4 Å². The number of sulfonamides is 1. The number of hydrogen-bond donors (Lipinski definition) is 0. The van der Waals surface area contributed by atoms with Crippen molar-refractivity contribution in [1.29, 1.82) is 0 Å². The Balaban J connectivity index is 1.38. The molecule has 1 aromatic carbocycles. The molecule has 7 nitrogen and oxygen atoms in total. The molecule has 1 unspecified atom stereocenters. The predicted molar refractivity (Wildman–Crippen MR) is 111 cm³/mol. The van der Waals surface area contributed by atoms with Crippen LogP contribution in [0.2, 0.25) is 0 Å². The van der Waals surface area contributed by atoms with Crippen molar-refractivity contribution in [3.63, 3.8) is 0 Å². The van der Waals surface area contributed by atoms with E-state index in [1.54, 1.807) is 12.1 Å². The Labute approximate surface area is 177 Å². The Hall–Kier alpha value is -1.55. The van der Waals surface area contributed by atoms with Gasteiger partial charge in [0.25, 0.3) is 0 Å². The number of hydrogen-bond acceptors (Lipinski definition) is 5. The highest BCUT2D eigenvalue weighted by Crippen LogP contribution is 2.43. The highest BCUT2D eigenvalue weighted by atomic mass is 32.2. The van der Waals surface area contributed by atoms with Gasteiger partial charge in [-0.15, -0.1) is 0 Å². The van der Waals surface area contributed by atoms with Crippen LogP contribution in [0.1, 0.15) is 24.8 Å². The maximum Gasteiger partial charge on any atom is 0.240 e. The molecule has 9 heteroatoms. The molecule has 1 atom stereocenters. The van der Waals surface area contributed by atoms with Crippen molar-refractivity contribution in [3.05, 3.63) is 35.6 Å². The van der Waals surface area contributed by atoms with Gasteiger partial charge in [-0.1, -0.05) is 18.2 Å². The Morgan fingerprint density at radius 3 is 2.50 bits per heavy atom. The molecular formula is C21H30FN3O4S. The highest BCUT2D eigenvalue weighted by molar-refractivity contribution is 7.88. The molecule has 30 heavy (non-hydrogen) atoms. The third kappa shape index (κ3) is 4.39. The zero-order valence-electron chi connectivity index (χ0n) is 17.4. The van der Waals surface area contributed by atoms with Crippen LogP contribution in [0.3, 0.4) is 0 Å². The topological polar surface area (TPSA) is 70.2 Å². The van der Waals surface area contributed by atoms with Gasteiger partial charge < -0.3 is 9.64 Å². The summed E-state index contributed by atoms with van der Waals surface area (Å²) in [6.45, 7) is 4.09. The second kappa shape index (κ2) is 8.53. The lowest BCUT2D eigenvalue weighted by Gasteiger charge is -2.38. The molecule has 3 aliphatic rings. The third-order valence-electron chi connectivity index (χ3n) is 6.82. The Bertz CT molecular complexity index is 880. The predicted octanol–water partition coefficient (Wildman–Crippen LogP) is 1.30. The molecule has 0 aliphatic carbocycles. The molecule has 3 fully saturated rings. The summed E-state index contributed by atoms with van der Waals surface area (Å²) in [4.78, 5) is 17.0. The van der Waals surface area contributed by atoms with E-state index in [4.69, 9.17) is 4.74 Å². The fraction of sp³-hybridized carbons (Fsp3) is 0.667. The molecule has 166 valence electrons. The number of morpholine rings is 1. The minimum atomic E-state index is -3.57. The molecule has 0 bridgehead atoms. The van der Waals surface area contributed by atoms with Gasteiger partial charge in [0.1, 0.15) is 5.82 Å². The molecule has 0 N–H and O–H groups in total. The first kappa shape index (κ1) is 21.7. The van der Waals surface area contributed by atoms with Crippen LogP contribution in [0.15, 0.2) is 24.3 Å². The Morgan fingerprint density at radius 1 is 1.17 bits per heavy atom. The number of amides is 1. The first-order valence-electron chi connectivity index (χ1n) is 10.6. The molecule has 0 radical (unpaired) electrons. The molecule has 1 aromatic rings. The van der Waals surface area contributed by atoms with Crippen LogP contribution in [-0.4, -0.2) is 87.5 Å². The van der Waals surface area contributed by atoms with E-state index in [1.807, 2.05) is 11.9 Å². The second-order valence-corrected chi connectivity index (χ2v) is 10.8. The van der Waals surface area contributed by atoms with Gasteiger partial charge in [0.2, 0.25) is 15.9 Å². The maximum atomic E-state index is 13.9. The van der Waals surface area contributed by atoms with Crippen LogP contribution in [0, 0.1) is 11.2 Å². The van der Waals surface area contributed by atoms with Gasteiger partial charge in [-0.3, -0.25) is 9.69 Å². The number of rotatable bonds is 4. The average molecular weight is 440 g/mol. The summed E-state index contributed by atoms with van der Waals surface area (Å²) >= 11 is 0. The van der Waals surface area contributed by atoms with Crippen LogP contribution >= 0.6 is 0 Å². The van der Waals surface area contributed by atoms with E-state index in [2.05, 4.69) is 4.90 Å². The third-order valence-corrected chi connectivity index (χ3v) is 8.65. The first-order valence-corrected chi connectivity index (χ1v) is 12.2. The monoisotopic (exact) mass is 439 g/mol. The SMILES string of the molecule is CN1CC2(CCN(S(=O)(=O)Cc3ccccc3F)CC2)CC1C(=O)N1CCOCC1. The number of halogens is 1. The van der Waals surface area contributed by atoms with Crippen LogP contribution < -0.4 is 0 Å². The largest absolute Gasteiger partial charge is 0.378 e. The maximum absolute atomic E-state index is 13.9. The number of ether oxygens (including phenoxy) is 1. The summed E-state index contributed by atoms with van der Waals surface area (Å²) in [6.07, 6.45) is 2.21. The minimum absolute atomic E-state index is 0.0363. The molecule has 3 aliphatic heterocycles. The van der Waals surface area contributed by atoms with Crippen molar-refractivity contribution in [2.24, 2.45) is 5.41 Å². The lowest BCUT2D eigenvalue weighted by Crippen LogP contribution is -2.48. The summed E-state index contributed by atoms with van der Waals surface area (Å²) in [7, 11) is -1.59. The molecule has 0 saturated carbocycles. The number of nitrogens with zero attached hydrogens (tertiary/aromatic N) is 3. The smallest absolute Gasteiger partial charge is 0.240 e. The fourth-order valence-electron chi connectivity index (χ4n) is 5.04. The summed E-state index contributed by atoms with van der Waals surface area (Å²) in [5.41, 5.74) is 0.167. The first-order chi connectivity index (χ1) is 14.3. The number of carbonyl (C=O) groups is 1. The number of piperidine rings is 1. The van der Waals surface area contributed by atoms with Gasteiger partial charge in [0.05, 0.1) is 25.0 Å². The molecule has 0 aromatic heterocycles. The van der Waals surface area contributed by atoms with Crippen molar-refractivity contribution in [2.45, 2.75) is 31.1 Å². The number of likely N-dealkylation sites (tertiary alicyclic amines) is 1. The summed E-state index contributed by atoms with van der Waals surface area (Å²) < 4.78 is 46.4. The zero-order valence-corrected chi connectivity index (χ0v) is 18.2. The molecule has 3 heterocycles. The second-order valence-electron chi connectivity index (χ2n) is 8.82. The van der Waals surface area contributed by atoms with E-state index in [0.29, 0.717) is 39.4 Å². The zero-order chi connectivity index (χ0) is 21.4. The summed E-state index contributed by atoms with van der Waals surface area (Å²) in [5, 5.41) is 0. The normalized spacial score (nSPS) is 25.7. The average Bonchev–Trinajstić information content (AvgIpc) is 3.05. The van der Waals surface area contributed by atoms with E-state index in [9.17, 15) is 17.6 Å². The van der Waals surface area contributed by atoms with Gasteiger partial charge in [-0.25, -0.2) is 17.1 Å². The Morgan fingerprint density at radius 2 is 1.83 bits per heavy atom. The van der Waals surface area contributed by atoms with Crippen molar-refractivity contribution < 1.29 is 22.3 Å². The van der Waals surface area contributed by atoms with E-state index in [-0.39, 0.29) is 28.7 Å². The van der Waals surface area contributed by atoms with Crippen molar-refractivity contribution >= 4 is 15.9 Å². The number of likely N-dealkylation sites (N-methyl/N-ethyl adjacent to an activating group) is 1. The minimum Gasteiger partial charge on any atom is -0.378 e. The van der Waals surface area contributed by atoms with E-state index < -0.39 is 15.8 Å². The quantitative estimate of drug-likeness (QED) is 0.707. The van der Waals surface area contributed by atoms with E-state index in [0.717, 1.165) is 25.8 Å². The van der Waals surface area contributed by atoms with Gasteiger partial charge in [-0.05, 0) is 37.8 Å². The van der Waals surface area contributed by atoms with Crippen molar-refractivity contribution in [3.8, 4) is 0 Å². The fourth-order valence-corrected chi connectivity index (χ4v) is 6.59. The van der Waals surface area contributed by atoms with Crippen molar-refractivity contribution in [1.82, 2.24) is 14.1 Å². The van der Waals surface area contributed by atoms with Crippen LogP contribution in [0.4, 0.5) is 4.39 Å². The van der Waals surface area contributed by atoms with Crippen molar-refractivity contribution in [2.75, 3.05) is 53.0 Å². The molecule has 4 rings (SSSR count). The molecule has 3 saturated heterocycles. The molecular weight excluding hydrogens is 409 g/mol. The van der Waals surface area contributed by atoms with Gasteiger partial charge in [0.15, 0.2) is 0 Å². The van der Waals surface area contributed by atoms with Gasteiger partial charge >= 0.3 is 0 Å². The summed E-state index contributed by atoms with van der Waals surface area (Å²) in [6, 6.07) is 5.87. The standard InChI is InChI=1S/C21H30FN3O4S/c1-23-16-21(14-19(23)20(26)24-10-12-29-13-11-24)6-8-25(9-7-21)30(27,28)15-17-4-2-3-5-18(17)22/h2-5,19H,6-16H2,1H3. The lowest BCUT2D eigenvalue weighted by molar-refractivity contribution is -0.139.